The third-order valence-corrected chi connectivity index (χ3v) is 3.89. The molecule has 0 heterocycles. The van der Waals surface area contributed by atoms with Crippen molar-refractivity contribution >= 4 is 15.9 Å². The highest BCUT2D eigenvalue weighted by atomic mass is 79.9. The Kier molecular flexibility index (Phi) is 6.33. The van der Waals surface area contributed by atoms with Gasteiger partial charge in [0.15, 0.2) is 0 Å². The van der Waals surface area contributed by atoms with Gasteiger partial charge in [0.1, 0.15) is 0 Å². The van der Waals surface area contributed by atoms with Crippen molar-refractivity contribution in [3.63, 3.8) is 0 Å². The quantitative estimate of drug-likeness (QED) is 0.837. The van der Waals surface area contributed by atoms with Crippen molar-refractivity contribution in [2.75, 3.05) is 26.7 Å². The molecule has 0 aromatic heterocycles. The first kappa shape index (κ1) is 15.7. The lowest BCUT2D eigenvalue weighted by atomic mass is 9.89. The lowest BCUT2D eigenvalue weighted by molar-refractivity contribution is 0.256. The van der Waals surface area contributed by atoms with Gasteiger partial charge in [-0.15, -0.1) is 0 Å². The maximum absolute atomic E-state index is 5.75. The lowest BCUT2D eigenvalue weighted by Crippen LogP contribution is -2.30. The van der Waals surface area contributed by atoms with Gasteiger partial charge in [0, 0.05) is 11.0 Å². The summed E-state index contributed by atoms with van der Waals surface area (Å²) in [5.41, 5.74) is 7.39. The molecular weight excluding hydrogens is 288 g/mol. The molecule has 3 heteroatoms. The monoisotopic (exact) mass is 312 g/mol. The number of benzene rings is 1. The summed E-state index contributed by atoms with van der Waals surface area (Å²) in [6, 6.07) is 8.54. The summed E-state index contributed by atoms with van der Waals surface area (Å²) < 4.78 is 1.16. The zero-order valence-electron chi connectivity index (χ0n) is 11.7. The number of nitrogens with two attached hydrogens (primary N) is 1. The molecule has 2 N–H and O–H groups in total. The zero-order chi connectivity index (χ0) is 13.6. The summed E-state index contributed by atoms with van der Waals surface area (Å²) in [7, 11) is 2.19. The van der Waals surface area contributed by atoms with Gasteiger partial charge in [-0.05, 0) is 56.1 Å². The van der Waals surface area contributed by atoms with E-state index in [-0.39, 0.29) is 5.41 Å². The van der Waals surface area contributed by atoms with Gasteiger partial charge in [-0.3, -0.25) is 0 Å². The Hall–Kier alpha value is -0.380. The van der Waals surface area contributed by atoms with Gasteiger partial charge >= 0.3 is 0 Å². The standard InChI is InChI=1S/C15H25BrN2/c1-15(2,12-17)8-10-18(3)9-7-13-5-4-6-14(16)11-13/h4-6,11H,7-10,12,17H2,1-3H3. The molecule has 0 aliphatic carbocycles. The molecule has 0 saturated carbocycles. The number of halogens is 1. The van der Waals surface area contributed by atoms with Crippen molar-refractivity contribution in [3.8, 4) is 0 Å². The first-order valence-electron chi connectivity index (χ1n) is 6.56. The smallest absolute Gasteiger partial charge is 0.0178 e. The van der Waals surface area contributed by atoms with Crippen LogP contribution in [0.3, 0.4) is 0 Å². The van der Waals surface area contributed by atoms with Crippen molar-refractivity contribution < 1.29 is 0 Å². The van der Waals surface area contributed by atoms with Crippen LogP contribution in [0.5, 0.6) is 0 Å². The fourth-order valence-corrected chi connectivity index (χ4v) is 2.17. The SMILES string of the molecule is CN(CCc1cccc(Br)c1)CCC(C)(C)CN. The van der Waals surface area contributed by atoms with Crippen LogP contribution in [-0.2, 0) is 6.42 Å². The zero-order valence-corrected chi connectivity index (χ0v) is 13.3. The molecule has 0 amide bonds. The summed E-state index contributed by atoms with van der Waals surface area (Å²) in [6.45, 7) is 7.42. The molecule has 0 atom stereocenters. The molecule has 0 aliphatic heterocycles. The Labute approximate surface area is 120 Å². The van der Waals surface area contributed by atoms with Crippen molar-refractivity contribution in [3.05, 3.63) is 34.3 Å². The van der Waals surface area contributed by atoms with Crippen LogP contribution in [0.4, 0.5) is 0 Å². The Morgan fingerprint density at radius 1 is 1.28 bits per heavy atom. The van der Waals surface area contributed by atoms with Gasteiger partial charge in [-0.1, -0.05) is 41.9 Å². The van der Waals surface area contributed by atoms with Crippen molar-refractivity contribution in [1.82, 2.24) is 4.90 Å². The van der Waals surface area contributed by atoms with E-state index in [4.69, 9.17) is 5.73 Å². The van der Waals surface area contributed by atoms with Crippen molar-refractivity contribution in [2.24, 2.45) is 11.1 Å². The third kappa shape index (κ3) is 5.98. The van der Waals surface area contributed by atoms with E-state index in [9.17, 15) is 0 Å². The molecule has 1 aromatic rings. The first-order chi connectivity index (χ1) is 8.43. The van der Waals surface area contributed by atoms with Gasteiger partial charge < -0.3 is 10.6 Å². The molecule has 0 radical (unpaired) electrons. The average Bonchev–Trinajstić information content (AvgIpc) is 2.34. The first-order valence-corrected chi connectivity index (χ1v) is 7.35. The Bertz CT molecular complexity index is 363. The molecule has 18 heavy (non-hydrogen) atoms. The van der Waals surface area contributed by atoms with Crippen LogP contribution in [0.15, 0.2) is 28.7 Å². The highest BCUT2D eigenvalue weighted by molar-refractivity contribution is 9.10. The molecule has 1 rings (SSSR count). The largest absolute Gasteiger partial charge is 0.330 e. The van der Waals surface area contributed by atoms with Gasteiger partial charge in [0.2, 0.25) is 0 Å². The lowest BCUT2D eigenvalue weighted by Gasteiger charge is -2.26. The molecule has 0 saturated heterocycles. The van der Waals surface area contributed by atoms with Crippen LogP contribution in [0.1, 0.15) is 25.8 Å². The summed E-state index contributed by atoms with van der Waals surface area (Å²) in [5, 5.41) is 0. The second-order valence-electron chi connectivity index (χ2n) is 5.80. The number of hydrogen-bond acceptors (Lipinski definition) is 2. The predicted octanol–water partition coefficient (Wildman–Crippen LogP) is 3.30. The van der Waals surface area contributed by atoms with Gasteiger partial charge in [-0.25, -0.2) is 0 Å². The van der Waals surface area contributed by atoms with E-state index >= 15 is 0 Å². The molecule has 0 spiro atoms. The fourth-order valence-electron chi connectivity index (χ4n) is 1.72. The minimum Gasteiger partial charge on any atom is -0.330 e. The molecule has 0 fully saturated rings. The highest BCUT2D eigenvalue weighted by Crippen LogP contribution is 2.18. The number of likely N-dealkylation sites (N-methyl/N-ethyl adjacent to an activating group) is 1. The number of rotatable bonds is 7. The predicted molar refractivity (Wildman–Crippen MR) is 82.8 cm³/mol. The van der Waals surface area contributed by atoms with Crippen LogP contribution in [0.2, 0.25) is 0 Å². The van der Waals surface area contributed by atoms with E-state index < -0.39 is 0 Å². The second-order valence-corrected chi connectivity index (χ2v) is 6.72. The summed E-state index contributed by atoms with van der Waals surface area (Å²) in [4.78, 5) is 2.39. The molecule has 102 valence electrons. The number of hydrogen-bond donors (Lipinski definition) is 1. The Balaban J connectivity index is 2.31. The normalized spacial score (nSPS) is 12.1. The van der Waals surface area contributed by atoms with Crippen molar-refractivity contribution in [2.45, 2.75) is 26.7 Å². The molecular formula is C15H25BrN2. The molecule has 0 aliphatic rings. The maximum atomic E-state index is 5.75. The summed E-state index contributed by atoms with van der Waals surface area (Å²) in [5.74, 6) is 0. The van der Waals surface area contributed by atoms with E-state index in [1.807, 2.05) is 0 Å². The average molecular weight is 313 g/mol. The van der Waals surface area contributed by atoms with Crippen LogP contribution >= 0.6 is 15.9 Å². The van der Waals surface area contributed by atoms with Gasteiger partial charge in [-0.2, -0.15) is 0 Å². The molecule has 2 nitrogen and oxygen atoms in total. The summed E-state index contributed by atoms with van der Waals surface area (Å²) >= 11 is 3.51. The molecule has 0 unspecified atom stereocenters. The second kappa shape index (κ2) is 7.27. The third-order valence-electron chi connectivity index (χ3n) is 3.39. The van der Waals surface area contributed by atoms with Gasteiger partial charge in [0.05, 0.1) is 0 Å². The fraction of sp³-hybridized carbons (Fsp3) is 0.600. The van der Waals surface area contributed by atoms with Crippen LogP contribution in [-0.4, -0.2) is 31.6 Å². The minimum atomic E-state index is 0.254. The minimum absolute atomic E-state index is 0.254. The van der Waals surface area contributed by atoms with Crippen LogP contribution < -0.4 is 5.73 Å². The maximum Gasteiger partial charge on any atom is 0.0178 e. The van der Waals surface area contributed by atoms with Crippen LogP contribution in [0.25, 0.3) is 0 Å². The van der Waals surface area contributed by atoms with Crippen molar-refractivity contribution in [1.29, 1.82) is 0 Å². The summed E-state index contributed by atoms with van der Waals surface area (Å²) in [6.07, 6.45) is 2.25. The number of nitrogens with zero attached hydrogens (tertiary/aromatic N) is 1. The van der Waals surface area contributed by atoms with Gasteiger partial charge in [0.25, 0.3) is 0 Å². The highest BCUT2D eigenvalue weighted by Gasteiger charge is 2.15. The molecule has 0 bridgehead atoms. The van der Waals surface area contributed by atoms with E-state index in [1.54, 1.807) is 0 Å². The van der Waals surface area contributed by atoms with E-state index in [0.29, 0.717) is 0 Å². The van der Waals surface area contributed by atoms with Crippen LogP contribution in [0, 0.1) is 5.41 Å². The van der Waals surface area contributed by atoms with E-state index in [1.165, 1.54) is 5.56 Å². The Morgan fingerprint density at radius 3 is 2.61 bits per heavy atom. The topological polar surface area (TPSA) is 29.3 Å². The Morgan fingerprint density at radius 2 is 2.00 bits per heavy atom. The van der Waals surface area contributed by atoms with E-state index in [2.05, 4.69) is 66.0 Å². The van der Waals surface area contributed by atoms with E-state index in [0.717, 1.165) is 36.9 Å². The molecule has 1 aromatic carbocycles.